The molecule has 0 fully saturated rings. The van der Waals surface area contributed by atoms with Gasteiger partial charge in [0.05, 0.1) is 0 Å². The van der Waals surface area contributed by atoms with Crippen LogP contribution in [0.4, 0.5) is 0 Å². The minimum Gasteiger partial charge on any atom is -0.276 e. The molecule has 3 nitrogen and oxygen atoms in total. The van der Waals surface area contributed by atoms with Crippen molar-refractivity contribution in [3.05, 3.63) is 0 Å². The van der Waals surface area contributed by atoms with Crippen molar-refractivity contribution in [2.24, 2.45) is 0 Å². The molecule has 0 saturated carbocycles. The molecule has 0 heterocycles. The van der Waals surface area contributed by atoms with Gasteiger partial charge in [-0.05, 0) is 46.2 Å². The van der Waals surface area contributed by atoms with Gasteiger partial charge in [0.25, 0.3) is 0 Å². The lowest BCUT2D eigenvalue weighted by Crippen LogP contribution is -2.68. The molecule has 0 unspecified atom stereocenters. The normalized spacial score (nSPS) is 13.1. The van der Waals surface area contributed by atoms with Crippen LogP contribution in [0.2, 0.25) is 0 Å². The predicted molar refractivity (Wildman–Crippen MR) is 77.2 cm³/mol. The summed E-state index contributed by atoms with van der Waals surface area (Å²) < 4.78 is 0. The van der Waals surface area contributed by atoms with E-state index in [-0.39, 0.29) is 5.79 Å². The van der Waals surface area contributed by atoms with Crippen LogP contribution in [-0.4, -0.2) is 60.3 Å². The van der Waals surface area contributed by atoms with Gasteiger partial charge in [-0.3, -0.25) is 14.7 Å². The summed E-state index contributed by atoms with van der Waals surface area (Å²) in [6.07, 6.45) is 1.14. The van der Waals surface area contributed by atoms with Crippen molar-refractivity contribution < 1.29 is 0 Å². The second-order valence-corrected chi connectivity index (χ2v) is 4.49. The Hall–Kier alpha value is -0.120. The van der Waals surface area contributed by atoms with Gasteiger partial charge in [0.1, 0.15) is 5.79 Å². The van der Waals surface area contributed by atoms with E-state index in [1.54, 1.807) is 0 Å². The zero-order chi connectivity index (χ0) is 13.5. The van der Waals surface area contributed by atoms with Crippen molar-refractivity contribution in [2.45, 2.75) is 53.8 Å². The van der Waals surface area contributed by atoms with E-state index in [9.17, 15) is 0 Å². The molecule has 0 saturated heterocycles. The number of nitrogens with zero attached hydrogens (tertiary/aromatic N) is 3. The summed E-state index contributed by atoms with van der Waals surface area (Å²) in [5.74, 6) is 0.0851. The molecule has 0 aliphatic carbocycles. The zero-order valence-corrected chi connectivity index (χ0v) is 13.1. The molecule has 0 aromatic rings. The van der Waals surface area contributed by atoms with Crippen molar-refractivity contribution in [3.8, 4) is 0 Å². The van der Waals surface area contributed by atoms with E-state index in [2.05, 4.69) is 63.3 Å². The number of rotatable bonds is 9. The first kappa shape index (κ1) is 16.9. The van der Waals surface area contributed by atoms with Crippen LogP contribution in [0.1, 0.15) is 48.0 Å². The van der Waals surface area contributed by atoms with Crippen molar-refractivity contribution in [1.82, 2.24) is 14.7 Å². The molecular formula is C14H33N3. The maximum Gasteiger partial charge on any atom is 0.130 e. The highest BCUT2D eigenvalue weighted by atomic mass is 15.6. The second-order valence-electron chi connectivity index (χ2n) is 4.49. The average Bonchev–Trinajstić information content (AvgIpc) is 2.38. The van der Waals surface area contributed by atoms with E-state index in [0.717, 1.165) is 39.1 Å². The third-order valence-corrected chi connectivity index (χ3v) is 4.10. The molecule has 0 atom stereocenters. The Balaban J connectivity index is 5.40. The predicted octanol–water partition coefficient (Wildman–Crippen LogP) is 2.69. The molecule has 0 aliphatic heterocycles. The van der Waals surface area contributed by atoms with E-state index in [1.165, 1.54) is 0 Å². The van der Waals surface area contributed by atoms with Gasteiger partial charge in [-0.2, -0.15) is 0 Å². The summed E-state index contributed by atoms with van der Waals surface area (Å²) in [5.41, 5.74) is 0. The van der Waals surface area contributed by atoms with E-state index < -0.39 is 0 Å². The quantitative estimate of drug-likeness (QED) is 0.577. The van der Waals surface area contributed by atoms with Crippen LogP contribution in [0.5, 0.6) is 0 Å². The molecule has 0 bridgehead atoms. The van der Waals surface area contributed by atoms with Crippen molar-refractivity contribution in [3.63, 3.8) is 0 Å². The highest BCUT2D eigenvalue weighted by Crippen LogP contribution is 2.27. The van der Waals surface area contributed by atoms with Crippen LogP contribution in [-0.2, 0) is 0 Å². The van der Waals surface area contributed by atoms with Crippen LogP contribution in [0.25, 0.3) is 0 Å². The van der Waals surface area contributed by atoms with Crippen molar-refractivity contribution >= 4 is 0 Å². The second kappa shape index (κ2) is 8.06. The zero-order valence-electron chi connectivity index (χ0n) is 13.1. The highest BCUT2D eigenvalue weighted by Gasteiger charge is 2.41. The molecule has 0 aromatic heterocycles. The Morgan fingerprint density at radius 3 is 1.18 bits per heavy atom. The minimum atomic E-state index is 0.0851. The molecule has 3 heteroatoms. The van der Waals surface area contributed by atoms with E-state index in [1.807, 2.05) is 0 Å². The third kappa shape index (κ3) is 3.21. The van der Waals surface area contributed by atoms with Crippen LogP contribution in [0, 0.1) is 0 Å². The lowest BCUT2D eigenvalue weighted by molar-refractivity contribution is -0.156. The number of hydrogen-bond acceptors (Lipinski definition) is 3. The van der Waals surface area contributed by atoms with Gasteiger partial charge in [0.15, 0.2) is 0 Å². The SMILES string of the molecule is CCN(C)C(CC)(N(CC)CC)N(CC)CC. The van der Waals surface area contributed by atoms with Gasteiger partial charge in [-0.15, -0.1) is 0 Å². The summed E-state index contributed by atoms with van der Waals surface area (Å²) in [4.78, 5) is 7.67. The molecule has 0 spiro atoms. The molecule has 0 radical (unpaired) electrons. The maximum absolute atomic E-state index is 2.59. The van der Waals surface area contributed by atoms with Gasteiger partial charge >= 0.3 is 0 Å². The fourth-order valence-corrected chi connectivity index (χ4v) is 3.11. The summed E-state index contributed by atoms with van der Waals surface area (Å²) >= 11 is 0. The van der Waals surface area contributed by atoms with Gasteiger partial charge in [-0.1, -0.05) is 41.5 Å². The Morgan fingerprint density at radius 1 is 0.647 bits per heavy atom. The summed E-state index contributed by atoms with van der Waals surface area (Å²) in [6.45, 7) is 19.1. The first-order valence-electron chi connectivity index (χ1n) is 7.30. The molecule has 0 N–H and O–H groups in total. The molecule has 104 valence electrons. The third-order valence-electron chi connectivity index (χ3n) is 4.10. The van der Waals surface area contributed by atoms with Gasteiger partial charge in [0, 0.05) is 0 Å². The highest BCUT2D eigenvalue weighted by molar-refractivity contribution is 4.87. The van der Waals surface area contributed by atoms with Gasteiger partial charge in [-0.25, -0.2) is 0 Å². The van der Waals surface area contributed by atoms with E-state index in [4.69, 9.17) is 0 Å². The summed E-state index contributed by atoms with van der Waals surface area (Å²) in [6, 6.07) is 0. The molecule has 0 amide bonds. The van der Waals surface area contributed by atoms with E-state index >= 15 is 0 Å². The Morgan fingerprint density at radius 2 is 1.00 bits per heavy atom. The average molecular weight is 243 g/mol. The largest absolute Gasteiger partial charge is 0.276 e. The van der Waals surface area contributed by atoms with Gasteiger partial charge < -0.3 is 0 Å². The van der Waals surface area contributed by atoms with E-state index in [0.29, 0.717) is 0 Å². The Kier molecular flexibility index (Phi) is 8.01. The Labute approximate surface area is 109 Å². The molecular weight excluding hydrogens is 210 g/mol. The smallest absolute Gasteiger partial charge is 0.130 e. The molecule has 0 aromatic carbocycles. The van der Waals surface area contributed by atoms with Crippen LogP contribution >= 0.6 is 0 Å². The lowest BCUT2D eigenvalue weighted by Gasteiger charge is -2.54. The maximum atomic E-state index is 2.59. The monoisotopic (exact) mass is 243 g/mol. The summed E-state index contributed by atoms with van der Waals surface area (Å²) in [5, 5.41) is 0. The summed E-state index contributed by atoms with van der Waals surface area (Å²) in [7, 11) is 2.25. The fourth-order valence-electron chi connectivity index (χ4n) is 3.11. The molecule has 0 rings (SSSR count). The topological polar surface area (TPSA) is 9.72 Å². The lowest BCUT2D eigenvalue weighted by atomic mass is 10.1. The molecule has 0 aliphatic rings. The van der Waals surface area contributed by atoms with Crippen LogP contribution in [0.3, 0.4) is 0 Å². The number of hydrogen-bond donors (Lipinski definition) is 0. The van der Waals surface area contributed by atoms with Crippen molar-refractivity contribution in [1.29, 1.82) is 0 Å². The van der Waals surface area contributed by atoms with Gasteiger partial charge in [0.2, 0.25) is 0 Å². The Bertz CT molecular complexity index is 174. The van der Waals surface area contributed by atoms with Crippen LogP contribution < -0.4 is 0 Å². The standard InChI is InChI=1S/C14H33N3/c1-8-14(15(7)9-2,16(10-3)11-4)17(12-5)13-6/h8-13H2,1-7H3. The fraction of sp³-hybridized carbons (Fsp3) is 1.00. The first-order valence-corrected chi connectivity index (χ1v) is 7.30. The minimum absolute atomic E-state index is 0.0851. The van der Waals surface area contributed by atoms with Crippen molar-refractivity contribution in [2.75, 3.05) is 39.8 Å². The first-order chi connectivity index (χ1) is 8.08. The van der Waals surface area contributed by atoms with Crippen LogP contribution in [0.15, 0.2) is 0 Å². The molecule has 17 heavy (non-hydrogen) atoms.